The van der Waals surface area contributed by atoms with Gasteiger partial charge in [0.2, 0.25) is 0 Å². The number of nitrogens with zero attached hydrogens (tertiary/aromatic N) is 2. The zero-order chi connectivity index (χ0) is 19.3. The summed E-state index contributed by atoms with van der Waals surface area (Å²) in [4.78, 5) is 11.1. The third-order valence-electron chi connectivity index (χ3n) is 4.76. The molecule has 0 saturated carbocycles. The number of hydrogen-bond donors (Lipinski definition) is 1. The molecule has 0 aromatic heterocycles. The summed E-state index contributed by atoms with van der Waals surface area (Å²) in [6.07, 6.45) is 4.91. The largest absolute Gasteiger partial charge is 0.478 e. The summed E-state index contributed by atoms with van der Waals surface area (Å²) in [7, 11) is 0. The van der Waals surface area contributed by atoms with Crippen LogP contribution in [0.25, 0.3) is 6.08 Å². The minimum atomic E-state index is -0.928. The quantitative estimate of drug-likeness (QED) is 0.655. The van der Waals surface area contributed by atoms with Crippen LogP contribution in [0.5, 0.6) is 0 Å². The molecular weight excluding hydrogens is 348 g/mol. The predicted molar refractivity (Wildman–Crippen MR) is 113 cm³/mol. The van der Waals surface area contributed by atoms with Crippen molar-refractivity contribution in [1.29, 1.82) is 0 Å². The van der Waals surface area contributed by atoms with E-state index in [1.54, 1.807) is 12.1 Å². The van der Waals surface area contributed by atoms with Gasteiger partial charge in [0.25, 0.3) is 0 Å². The molecule has 4 nitrogen and oxygen atoms in total. The Balaban J connectivity index is 1.65. The first-order valence-electron chi connectivity index (χ1n) is 9.19. The lowest BCUT2D eigenvalue weighted by atomic mass is 10.0. The van der Waals surface area contributed by atoms with Crippen molar-refractivity contribution in [2.75, 3.05) is 5.01 Å². The number of hydrogen-bond acceptors (Lipinski definition) is 3. The lowest BCUT2D eigenvalue weighted by molar-refractivity contribution is 0.0697. The van der Waals surface area contributed by atoms with E-state index in [9.17, 15) is 4.79 Å². The molecular formula is C24H20N2O2. The summed E-state index contributed by atoms with van der Waals surface area (Å²) in [6.45, 7) is 0. The zero-order valence-electron chi connectivity index (χ0n) is 15.3. The number of allylic oxidation sites excluding steroid dienone is 1. The SMILES string of the molecule is O=C(O)c1ccc(N2N=C(/C=C/c3ccccc3)C[C@@H]2c2ccccc2)cc1. The second-order valence-electron chi connectivity index (χ2n) is 6.66. The second-order valence-corrected chi connectivity index (χ2v) is 6.66. The van der Waals surface area contributed by atoms with Crippen LogP contribution in [0.2, 0.25) is 0 Å². The van der Waals surface area contributed by atoms with E-state index in [4.69, 9.17) is 10.2 Å². The highest BCUT2D eigenvalue weighted by Crippen LogP contribution is 2.35. The highest BCUT2D eigenvalue weighted by molar-refractivity contribution is 6.01. The Hall–Kier alpha value is -3.66. The van der Waals surface area contributed by atoms with Crippen LogP contribution in [0.15, 0.2) is 96.1 Å². The summed E-state index contributed by atoms with van der Waals surface area (Å²) in [5.41, 5.74) is 4.44. The normalized spacial score (nSPS) is 16.4. The van der Waals surface area contributed by atoms with Crippen molar-refractivity contribution in [3.63, 3.8) is 0 Å². The minimum absolute atomic E-state index is 0.0762. The van der Waals surface area contributed by atoms with Gasteiger partial charge in [-0.2, -0.15) is 5.10 Å². The summed E-state index contributed by atoms with van der Waals surface area (Å²) in [6, 6.07) is 27.3. The maximum atomic E-state index is 11.1. The first-order chi connectivity index (χ1) is 13.7. The van der Waals surface area contributed by atoms with Gasteiger partial charge in [0, 0.05) is 6.42 Å². The zero-order valence-corrected chi connectivity index (χ0v) is 15.3. The third-order valence-corrected chi connectivity index (χ3v) is 4.76. The fourth-order valence-corrected chi connectivity index (χ4v) is 3.32. The van der Waals surface area contributed by atoms with Gasteiger partial charge in [0.1, 0.15) is 0 Å². The van der Waals surface area contributed by atoms with E-state index < -0.39 is 5.97 Å². The van der Waals surface area contributed by atoms with Crippen LogP contribution in [0, 0.1) is 0 Å². The Morgan fingerprint density at radius 2 is 1.54 bits per heavy atom. The number of carboxylic acid groups (broad SMARTS) is 1. The Kier molecular flexibility index (Phi) is 5.02. The molecule has 1 N–H and O–H groups in total. The highest BCUT2D eigenvalue weighted by Gasteiger charge is 2.28. The topological polar surface area (TPSA) is 52.9 Å². The monoisotopic (exact) mass is 368 g/mol. The van der Waals surface area contributed by atoms with E-state index in [-0.39, 0.29) is 11.6 Å². The van der Waals surface area contributed by atoms with Crippen LogP contribution in [-0.2, 0) is 0 Å². The van der Waals surface area contributed by atoms with Gasteiger partial charge in [0.05, 0.1) is 23.0 Å². The second kappa shape index (κ2) is 7.92. The van der Waals surface area contributed by atoms with Gasteiger partial charge in [-0.15, -0.1) is 0 Å². The summed E-state index contributed by atoms with van der Waals surface area (Å²) >= 11 is 0. The summed E-state index contributed by atoms with van der Waals surface area (Å²) in [5.74, 6) is -0.928. The highest BCUT2D eigenvalue weighted by atomic mass is 16.4. The maximum Gasteiger partial charge on any atom is 0.335 e. The van der Waals surface area contributed by atoms with E-state index in [0.29, 0.717) is 0 Å². The number of benzene rings is 3. The van der Waals surface area contributed by atoms with Gasteiger partial charge in [-0.25, -0.2) is 4.79 Å². The minimum Gasteiger partial charge on any atom is -0.478 e. The molecule has 1 aliphatic heterocycles. The molecule has 1 aliphatic rings. The van der Waals surface area contributed by atoms with Crippen LogP contribution in [0.4, 0.5) is 5.69 Å². The Labute approximate surface area is 164 Å². The summed E-state index contributed by atoms with van der Waals surface area (Å²) < 4.78 is 0. The van der Waals surface area contributed by atoms with E-state index >= 15 is 0 Å². The van der Waals surface area contributed by atoms with Crippen molar-refractivity contribution in [3.05, 3.63) is 108 Å². The van der Waals surface area contributed by atoms with E-state index in [1.807, 2.05) is 53.5 Å². The Bertz CT molecular complexity index is 1010. The van der Waals surface area contributed by atoms with Crippen LogP contribution in [-0.4, -0.2) is 16.8 Å². The number of anilines is 1. The average Bonchev–Trinajstić information content (AvgIpc) is 3.18. The van der Waals surface area contributed by atoms with Gasteiger partial charge in [-0.3, -0.25) is 5.01 Å². The van der Waals surface area contributed by atoms with Crippen molar-refractivity contribution in [2.24, 2.45) is 5.10 Å². The Morgan fingerprint density at radius 3 is 2.18 bits per heavy atom. The lowest BCUT2D eigenvalue weighted by Crippen LogP contribution is -2.18. The molecule has 0 amide bonds. The third kappa shape index (κ3) is 3.86. The van der Waals surface area contributed by atoms with Gasteiger partial charge in [-0.05, 0) is 41.5 Å². The number of hydrazone groups is 1. The molecule has 0 fully saturated rings. The molecule has 0 spiro atoms. The van der Waals surface area contributed by atoms with Crippen LogP contribution < -0.4 is 5.01 Å². The first-order valence-corrected chi connectivity index (χ1v) is 9.19. The Morgan fingerprint density at radius 1 is 0.893 bits per heavy atom. The van der Waals surface area contributed by atoms with Gasteiger partial charge in [0.15, 0.2) is 0 Å². The van der Waals surface area contributed by atoms with Crippen LogP contribution in [0.1, 0.15) is 33.9 Å². The van der Waals surface area contributed by atoms with Gasteiger partial charge >= 0.3 is 5.97 Å². The molecule has 0 bridgehead atoms. The van der Waals surface area contributed by atoms with Crippen molar-refractivity contribution in [1.82, 2.24) is 0 Å². The molecule has 4 rings (SSSR count). The molecule has 3 aromatic rings. The number of aromatic carboxylic acids is 1. The molecule has 0 saturated heterocycles. The van der Waals surface area contributed by atoms with Crippen LogP contribution in [0.3, 0.4) is 0 Å². The van der Waals surface area contributed by atoms with Gasteiger partial charge < -0.3 is 5.11 Å². The standard InChI is InChI=1S/C24H20N2O2/c27-24(28)20-12-15-22(16-13-20)26-23(19-9-5-2-6-10-19)17-21(25-26)14-11-18-7-3-1-4-8-18/h1-16,23H,17H2,(H,27,28)/b14-11+/t23-/m1/s1. The number of carboxylic acids is 1. The maximum absolute atomic E-state index is 11.1. The molecule has 138 valence electrons. The molecule has 28 heavy (non-hydrogen) atoms. The first kappa shape index (κ1) is 17.7. The average molecular weight is 368 g/mol. The van der Waals surface area contributed by atoms with Crippen molar-refractivity contribution in [2.45, 2.75) is 12.5 Å². The fourth-order valence-electron chi connectivity index (χ4n) is 3.32. The molecule has 1 heterocycles. The molecule has 0 unspecified atom stereocenters. The molecule has 4 heteroatoms. The smallest absolute Gasteiger partial charge is 0.335 e. The molecule has 1 atom stereocenters. The molecule has 0 radical (unpaired) electrons. The fraction of sp³-hybridized carbons (Fsp3) is 0.0833. The van der Waals surface area contributed by atoms with E-state index in [2.05, 4.69) is 36.4 Å². The van der Waals surface area contributed by atoms with Crippen molar-refractivity contribution >= 4 is 23.4 Å². The number of rotatable bonds is 5. The van der Waals surface area contributed by atoms with E-state index in [1.165, 1.54) is 5.56 Å². The summed E-state index contributed by atoms with van der Waals surface area (Å²) in [5, 5.41) is 15.9. The lowest BCUT2D eigenvalue weighted by Gasteiger charge is -2.24. The van der Waals surface area contributed by atoms with Crippen molar-refractivity contribution in [3.8, 4) is 0 Å². The molecule has 3 aromatic carbocycles. The predicted octanol–water partition coefficient (Wildman–Crippen LogP) is 5.41. The van der Waals surface area contributed by atoms with Gasteiger partial charge in [-0.1, -0.05) is 66.7 Å². The van der Waals surface area contributed by atoms with E-state index in [0.717, 1.165) is 23.4 Å². The van der Waals surface area contributed by atoms with Crippen LogP contribution >= 0.6 is 0 Å². The molecule has 0 aliphatic carbocycles. The van der Waals surface area contributed by atoms with Crippen molar-refractivity contribution < 1.29 is 9.90 Å². The number of carbonyl (C=O) groups is 1.